The van der Waals surface area contributed by atoms with E-state index in [9.17, 15) is 4.79 Å². The highest BCUT2D eigenvalue weighted by Gasteiger charge is 2.01. The van der Waals surface area contributed by atoms with Gasteiger partial charge in [-0.05, 0) is 30.7 Å². The van der Waals surface area contributed by atoms with Gasteiger partial charge in [0.25, 0.3) is 5.91 Å². The molecule has 1 rings (SSSR count). The van der Waals surface area contributed by atoms with Crippen LogP contribution in [0.4, 0.5) is 0 Å². The number of nitrogens with two attached hydrogens (primary N) is 1. The minimum atomic E-state index is -0.377. The molecule has 0 radical (unpaired) electrons. The Bertz CT molecular complexity index is 342. The first kappa shape index (κ1) is 10.8. The molecule has 1 aromatic rings. The summed E-state index contributed by atoms with van der Waals surface area (Å²) in [6, 6.07) is 5.16. The molecule has 0 aliphatic carbocycles. The van der Waals surface area contributed by atoms with Crippen molar-refractivity contribution in [2.24, 2.45) is 5.84 Å². The number of halogens is 1. The van der Waals surface area contributed by atoms with Crippen molar-refractivity contribution in [1.29, 1.82) is 0 Å². The third-order valence-corrected chi connectivity index (χ3v) is 2.08. The number of carbonyl (C=O) groups is 1. The van der Waals surface area contributed by atoms with Gasteiger partial charge in [-0.15, -0.1) is 0 Å². The van der Waals surface area contributed by atoms with Gasteiger partial charge in [-0.1, -0.05) is 11.6 Å². The molecule has 0 atom stereocenters. The van der Waals surface area contributed by atoms with Crippen molar-refractivity contribution in [3.63, 3.8) is 0 Å². The maximum Gasteiger partial charge on any atom is 0.271 e. The van der Waals surface area contributed by atoms with E-state index in [0.29, 0.717) is 10.8 Å². The van der Waals surface area contributed by atoms with E-state index in [1.807, 2.05) is 12.3 Å². The van der Waals surface area contributed by atoms with Crippen molar-refractivity contribution in [1.82, 2.24) is 5.43 Å². The molecule has 0 fully saturated rings. The van der Waals surface area contributed by atoms with Crippen LogP contribution in [-0.4, -0.2) is 12.5 Å². The van der Waals surface area contributed by atoms with Gasteiger partial charge in [-0.25, -0.2) is 5.84 Å². The second-order valence-electron chi connectivity index (χ2n) is 2.77. The van der Waals surface area contributed by atoms with Gasteiger partial charge in [0.05, 0.1) is 0 Å². The summed E-state index contributed by atoms with van der Waals surface area (Å²) >= 11 is 5.82. The summed E-state index contributed by atoms with van der Waals surface area (Å²) in [6.07, 6.45) is 0. The third kappa shape index (κ3) is 2.90. The van der Waals surface area contributed by atoms with Crippen LogP contribution in [0.2, 0.25) is 5.02 Å². The first-order chi connectivity index (χ1) is 6.63. The molecule has 0 aromatic heterocycles. The molecule has 5 heteroatoms. The van der Waals surface area contributed by atoms with E-state index in [1.54, 1.807) is 18.2 Å². The maximum absolute atomic E-state index is 10.7. The van der Waals surface area contributed by atoms with Crippen LogP contribution in [0.15, 0.2) is 18.2 Å². The van der Waals surface area contributed by atoms with Crippen LogP contribution in [0.5, 0.6) is 5.75 Å². The topological polar surface area (TPSA) is 64.3 Å². The molecule has 0 aliphatic heterocycles. The van der Waals surface area contributed by atoms with Crippen molar-refractivity contribution in [3.8, 4) is 5.75 Å². The van der Waals surface area contributed by atoms with Gasteiger partial charge in [-0.3, -0.25) is 10.2 Å². The number of aryl methyl sites for hydroxylation is 1. The molecule has 1 aromatic carbocycles. The fourth-order valence-corrected chi connectivity index (χ4v) is 1.02. The molecule has 0 aliphatic rings. The second-order valence-corrected chi connectivity index (χ2v) is 3.17. The number of hydrogen-bond acceptors (Lipinski definition) is 3. The van der Waals surface area contributed by atoms with Gasteiger partial charge in [0, 0.05) is 5.02 Å². The molecule has 0 saturated carbocycles. The summed E-state index contributed by atoms with van der Waals surface area (Å²) in [4.78, 5) is 10.7. The molecular formula is C9H11ClN2O2. The number of amides is 1. The molecule has 0 bridgehead atoms. The Balaban J connectivity index is 2.60. The third-order valence-electron chi connectivity index (χ3n) is 1.66. The lowest BCUT2D eigenvalue weighted by Crippen LogP contribution is -2.34. The lowest BCUT2D eigenvalue weighted by atomic mass is 10.2. The predicted octanol–water partition coefficient (Wildman–Crippen LogP) is 1.02. The number of hydrogen-bond donors (Lipinski definition) is 2. The molecule has 0 spiro atoms. The number of ether oxygens (including phenoxy) is 1. The number of rotatable bonds is 3. The summed E-state index contributed by atoms with van der Waals surface area (Å²) < 4.78 is 5.14. The predicted molar refractivity (Wildman–Crippen MR) is 54.0 cm³/mol. The number of hydrazine groups is 1. The largest absolute Gasteiger partial charge is 0.484 e. The summed E-state index contributed by atoms with van der Waals surface area (Å²) in [5.41, 5.74) is 2.87. The zero-order chi connectivity index (χ0) is 10.6. The van der Waals surface area contributed by atoms with E-state index in [0.717, 1.165) is 5.56 Å². The minimum absolute atomic E-state index is 0.0996. The van der Waals surface area contributed by atoms with Crippen molar-refractivity contribution in [3.05, 3.63) is 28.8 Å². The van der Waals surface area contributed by atoms with E-state index in [1.165, 1.54) is 0 Å². The fourth-order valence-electron chi connectivity index (χ4n) is 0.898. The van der Waals surface area contributed by atoms with Gasteiger partial charge in [0.15, 0.2) is 6.61 Å². The quantitative estimate of drug-likeness (QED) is 0.449. The van der Waals surface area contributed by atoms with Crippen molar-refractivity contribution in [2.75, 3.05) is 6.61 Å². The SMILES string of the molecule is Cc1cc(OCC(=O)NN)ccc1Cl. The van der Waals surface area contributed by atoms with Crippen LogP contribution in [-0.2, 0) is 4.79 Å². The molecule has 14 heavy (non-hydrogen) atoms. The second kappa shape index (κ2) is 4.83. The molecule has 3 N–H and O–H groups in total. The van der Waals surface area contributed by atoms with Gasteiger partial charge in [0.2, 0.25) is 0 Å². The summed E-state index contributed by atoms with van der Waals surface area (Å²) in [7, 11) is 0. The number of nitrogens with one attached hydrogen (secondary N) is 1. The van der Waals surface area contributed by atoms with Crippen molar-refractivity contribution in [2.45, 2.75) is 6.92 Å². The Labute approximate surface area is 87.0 Å². The normalized spacial score (nSPS) is 9.64. The smallest absolute Gasteiger partial charge is 0.271 e. The van der Waals surface area contributed by atoms with Crippen LogP contribution >= 0.6 is 11.6 Å². The molecule has 76 valence electrons. The fraction of sp³-hybridized carbons (Fsp3) is 0.222. The average molecular weight is 215 g/mol. The first-order valence-corrected chi connectivity index (χ1v) is 4.39. The van der Waals surface area contributed by atoms with E-state index >= 15 is 0 Å². The van der Waals surface area contributed by atoms with Crippen LogP contribution in [0.1, 0.15) is 5.56 Å². The van der Waals surface area contributed by atoms with Crippen LogP contribution in [0.3, 0.4) is 0 Å². The Morgan fingerprint density at radius 2 is 2.36 bits per heavy atom. The Morgan fingerprint density at radius 3 is 2.93 bits per heavy atom. The Morgan fingerprint density at radius 1 is 1.64 bits per heavy atom. The molecular weight excluding hydrogens is 204 g/mol. The van der Waals surface area contributed by atoms with Crippen LogP contribution in [0.25, 0.3) is 0 Å². The van der Waals surface area contributed by atoms with Crippen molar-refractivity contribution < 1.29 is 9.53 Å². The minimum Gasteiger partial charge on any atom is -0.484 e. The van der Waals surface area contributed by atoms with E-state index in [2.05, 4.69) is 0 Å². The van der Waals surface area contributed by atoms with Crippen molar-refractivity contribution >= 4 is 17.5 Å². The molecule has 4 nitrogen and oxygen atoms in total. The number of benzene rings is 1. The monoisotopic (exact) mass is 214 g/mol. The highest BCUT2D eigenvalue weighted by atomic mass is 35.5. The molecule has 0 unspecified atom stereocenters. The van der Waals surface area contributed by atoms with Crippen LogP contribution < -0.4 is 16.0 Å². The van der Waals surface area contributed by atoms with Crippen LogP contribution in [0, 0.1) is 6.92 Å². The van der Waals surface area contributed by atoms with Gasteiger partial charge in [0.1, 0.15) is 5.75 Å². The highest BCUT2D eigenvalue weighted by molar-refractivity contribution is 6.31. The summed E-state index contributed by atoms with van der Waals surface area (Å²) in [5, 5.41) is 0.667. The zero-order valence-corrected chi connectivity index (χ0v) is 8.47. The van der Waals surface area contributed by atoms with E-state index in [-0.39, 0.29) is 12.5 Å². The maximum atomic E-state index is 10.7. The molecule has 1 amide bonds. The van der Waals surface area contributed by atoms with Gasteiger partial charge < -0.3 is 4.74 Å². The lowest BCUT2D eigenvalue weighted by Gasteiger charge is -2.06. The highest BCUT2D eigenvalue weighted by Crippen LogP contribution is 2.20. The molecule has 0 heterocycles. The lowest BCUT2D eigenvalue weighted by molar-refractivity contribution is -0.123. The Kier molecular flexibility index (Phi) is 3.73. The van der Waals surface area contributed by atoms with E-state index < -0.39 is 0 Å². The first-order valence-electron chi connectivity index (χ1n) is 4.02. The molecule has 0 saturated heterocycles. The zero-order valence-electron chi connectivity index (χ0n) is 7.71. The average Bonchev–Trinajstić information content (AvgIpc) is 2.19. The summed E-state index contributed by atoms with van der Waals surface area (Å²) in [5.74, 6) is 5.11. The standard InChI is InChI=1S/C9H11ClN2O2/c1-6-4-7(2-3-8(6)10)14-5-9(13)12-11/h2-4H,5,11H2,1H3,(H,12,13). The van der Waals surface area contributed by atoms with E-state index in [4.69, 9.17) is 22.2 Å². The van der Waals surface area contributed by atoms with Gasteiger partial charge >= 0.3 is 0 Å². The van der Waals surface area contributed by atoms with Gasteiger partial charge in [-0.2, -0.15) is 0 Å². The number of carbonyl (C=O) groups excluding carboxylic acids is 1. The summed E-state index contributed by atoms with van der Waals surface area (Å²) in [6.45, 7) is 1.76. The Hall–Kier alpha value is -1.26.